The quantitative estimate of drug-likeness (QED) is 0.505. The van der Waals surface area contributed by atoms with Crippen molar-refractivity contribution in [1.29, 1.82) is 0 Å². The van der Waals surface area contributed by atoms with Gasteiger partial charge in [-0.15, -0.1) is 0 Å². The molecule has 1 aliphatic heterocycles. The van der Waals surface area contributed by atoms with Crippen molar-refractivity contribution in [1.82, 2.24) is 4.31 Å². The molecular weight excluding hydrogens is 460 g/mol. The van der Waals surface area contributed by atoms with Gasteiger partial charge in [0.2, 0.25) is 10.0 Å². The molecule has 0 atom stereocenters. The van der Waals surface area contributed by atoms with Crippen LogP contribution in [0.25, 0.3) is 0 Å². The zero-order valence-electron chi connectivity index (χ0n) is 18.0. The van der Waals surface area contributed by atoms with Crippen LogP contribution in [0.3, 0.4) is 0 Å². The number of ketones is 1. The van der Waals surface area contributed by atoms with Gasteiger partial charge in [-0.25, -0.2) is 8.42 Å². The molecule has 0 aromatic heterocycles. The van der Waals surface area contributed by atoms with Gasteiger partial charge in [-0.3, -0.25) is 9.59 Å². The number of amides is 1. The van der Waals surface area contributed by atoms with Gasteiger partial charge in [0.05, 0.1) is 10.6 Å². The molecule has 3 aromatic carbocycles. The Kier molecular flexibility index (Phi) is 6.65. The SMILES string of the molecule is Cc1ccc(C(=O)Nc2ccc(Cl)cc2C(=O)c2ccccc2)cc1S(=O)(=O)N1CCCC1. The lowest BCUT2D eigenvalue weighted by Crippen LogP contribution is -2.28. The zero-order chi connectivity index (χ0) is 23.6. The molecule has 1 aliphatic rings. The van der Waals surface area contributed by atoms with Crippen molar-refractivity contribution < 1.29 is 18.0 Å². The number of sulfonamides is 1. The first-order valence-electron chi connectivity index (χ1n) is 10.6. The number of anilines is 1. The Morgan fingerprint density at radius 1 is 0.909 bits per heavy atom. The molecule has 170 valence electrons. The number of aryl methyl sites for hydroxylation is 1. The molecule has 1 fully saturated rings. The molecule has 1 heterocycles. The number of nitrogens with one attached hydrogen (secondary N) is 1. The second kappa shape index (κ2) is 9.47. The second-order valence-corrected chi connectivity index (χ2v) is 10.3. The molecule has 6 nitrogen and oxygen atoms in total. The molecule has 33 heavy (non-hydrogen) atoms. The number of carbonyl (C=O) groups is 2. The number of halogens is 1. The van der Waals surface area contributed by atoms with E-state index in [9.17, 15) is 18.0 Å². The monoisotopic (exact) mass is 482 g/mol. The molecular formula is C25H23ClN2O4S. The second-order valence-electron chi connectivity index (χ2n) is 7.93. The van der Waals surface area contributed by atoms with Gasteiger partial charge in [0.1, 0.15) is 0 Å². The maximum absolute atomic E-state index is 13.1. The summed E-state index contributed by atoms with van der Waals surface area (Å²) in [6.07, 6.45) is 1.65. The number of carbonyl (C=O) groups excluding carboxylic acids is 2. The number of rotatable bonds is 6. The molecule has 0 unspecified atom stereocenters. The van der Waals surface area contributed by atoms with E-state index in [0.29, 0.717) is 34.9 Å². The van der Waals surface area contributed by atoms with E-state index >= 15 is 0 Å². The summed E-state index contributed by atoms with van der Waals surface area (Å²) < 4.78 is 27.6. The molecule has 1 saturated heterocycles. The zero-order valence-corrected chi connectivity index (χ0v) is 19.6. The van der Waals surface area contributed by atoms with E-state index in [4.69, 9.17) is 11.6 Å². The summed E-state index contributed by atoms with van der Waals surface area (Å²) in [7, 11) is -3.68. The van der Waals surface area contributed by atoms with Crippen molar-refractivity contribution in [2.24, 2.45) is 0 Å². The van der Waals surface area contributed by atoms with Crippen molar-refractivity contribution in [3.8, 4) is 0 Å². The third kappa shape index (κ3) is 4.85. The van der Waals surface area contributed by atoms with Crippen LogP contribution in [-0.4, -0.2) is 37.5 Å². The first kappa shape index (κ1) is 23.2. The van der Waals surface area contributed by atoms with Crippen LogP contribution in [0.2, 0.25) is 5.02 Å². The molecule has 1 amide bonds. The average Bonchev–Trinajstić information content (AvgIpc) is 3.36. The highest BCUT2D eigenvalue weighted by Gasteiger charge is 2.29. The molecule has 8 heteroatoms. The van der Waals surface area contributed by atoms with Gasteiger partial charge in [0, 0.05) is 34.8 Å². The van der Waals surface area contributed by atoms with Gasteiger partial charge in [-0.05, 0) is 55.7 Å². The molecule has 0 spiro atoms. The Morgan fingerprint density at radius 3 is 2.30 bits per heavy atom. The fourth-order valence-electron chi connectivity index (χ4n) is 3.84. The fourth-order valence-corrected chi connectivity index (χ4v) is 5.78. The Bertz CT molecular complexity index is 1320. The summed E-state index contributed by atoms with van der Waals surface area (Å²) in [6.45, 7) is 2.67. The lowest BCUT2D eigenvalue weighted by Gasteiger charge is -2.18. The van der Waals surface area contributed by atoms with E-state index in [1.165, 1.54) is 16.4 Å². The highest BCUT2D eigenvalue weighted by atomic mass is 35.5. The van der Waals surface area contributed by atoms with Crippen LogP contribution < -0.4 is 5.32 Å². The summed E-state index contributed by atoms with van der Waals surface area (Å²) in [4.78, 5) is 26.2. The van der Waals surface area contributed by atoms with E-state index < -0.39 is 15.9 Å². The van der Waals surface area contributed by atoms with Crippen LogP contribution in [-0.2, 0) is 10.0 Å². The lowest BCUT2D eigenvalue weighted by atomic mass is 10.0. The Morgan fingerprint density at radius 2 is 1.61 bits per heavy atom. The minimum absolute atomic E-state index is 0.119. The summed E-state index contributed by atoms with van der Waals surface area (Å²) in [6, 6.07) is 17.9. The van der Waals surface area contributed by atoms with Crippen molar-refractivity contribution in [3.05, 3.63) is 94.0 Å². The summed E-state index contributed by atoms with van der Waals surface area (Å²) in [5.41, 5.74) is 1.77. The number of hydrogen-bond acceptors (Lipinski definition) is 4. The molecule has 0 bridgehead atoms. The minimum Gasteiger partial charge on any atom is -0.321 e. The first-order chi connectivity index (χ1) is 15.8. The van der Waals surface area contributed by atoms with Gasteiger partial charge in [-0.2, -0.15) is 4.31 Å². The summed E-state index contributed by atoms with van der Waals surface area (Å²) in [5.74, 6) is -0.799. The standard InChI is InChI=1S/C25H23ClN2O4S/c1-17-9-10-19(15-23(17)33(31,32)28-13-5-6-14-28)25(30)27-22-12-11-20(26)16-21(22)24(29)18-7-3-2-4-8-18/h2-4,7-12,15-16H,5-6,13-14H2,1H3,(H,27,30). The van der Waals surface area contributed by atoms with E-state index in [2.05, 4.69) is 5.32 Å². The summed E-state index contributed by atoms with van der Waals surface area (Å²) in [5, 5.41) is 3.11. The van der Waals surface area contributed by atoms with Gasteiger partial charge in [0.15, 0.2) is 5.78 Å². The van der Waals surface area contributed by atoms with Gasteiger partial charge < -0.3 is 5.32 Å². The van der Waals surface area contributed by atoms with Gasteiger partial charge >= 0.3 is 0 Å². The van der Waals surface area contributed by atoms with Crippen molar-refractivity contribution in [2.75, 3.05) is 18.4 Å². The molecule has 0 aliphatic carbocycles. The maximum Gasteiger partial charge on any atom is 0.255 e. The highest BCUT2D eigenvalue weighted by molar-refractivity contribution is 7.89. The minimum atomic E-state index is -3.68. The Hall–Kier alpha value is -3.00. The summed E-state index contributed by atoms with van der Waals surface area (Å²) >= 11 is 6.12. The van der Waals surface area contributed by atoms with Crippen molar-refractivity contribution in [2.45, 2.75) is 24.7 Å². The average molecular weight is 483 g/mol. The van der Waals surface area contributed by atoms with E-state index in [1.807, 2.05) is 6.07 Å². The largest absolute Gasteiger partial charge is 0.321 e. The smallest absolute Gasteiger partial charge is 0.255 e. The van der Waals surface area contributed by atoms with Crippen LogP contribution in [0.15, 0.2) is 71.6 Å². The molecule has 4 rings (SSSR count). The van der Waals surface area contributed by atoms with Crippen LogP contribution in [0, 0.1) is 6.92 Å². The number of hydrogen-bond donors (Lipinski definition) is 1. The predicted octanol–water partition coefficient (Wildman–Crippen LogP) is 4.92. The third-order valence-corrected chi connectivity index (χ3v) is 7.92. The van der Waals surface area contributed by atoms with Crippen molar-refractivity contribution in [3.63, 3.8) is 0 Å². The van der Waals surface area contributed by atoms with Gasteiger partial charge in [0.25, 0.3) is 5.91 Å². The third-order valence-electron chi connectivity index (χ3n) is 5.64. The van der Waals surface area contributed by atoms with E-state index in [-0.39, 0.29) is 21.8 Å². The van der Waals surface area contributed by atoms with Crippen LogP contribution in [0.1, 0.15) is 44.7 Å². The molecule has 1 N–H and O–H groups in total. The predicted molar refractivity (Wildman–Crippen MR) is 128 cm³/mol. The Balaban J connectivity index is 1.65. The van der Waals surface area contributed by atoms with Gasteiger partial charge in [-0.1, -0.05) is 48.0 Å². The van der Waals surface area contributed by atoms with Crippen LogP contribution in [0.4, 0.5) is 5.69 Å². The van der Waals surface area contributed by atoms with E-state index in [1.54, 1.807) is 55.5 Å². The number of benzene rings is 3. The van der Waals surface area contributed by atoms with E-state index in [0.717, 1.165) is 12.8 Å². The van der Waals surface area contributed by atoms with Crippen molar-refractivity contribution >= 4 is 39.0 Å². The highest BCUT2D eigenvalue weighted by Crippen LogP contribution is 2.27. The topological polar surface area (TPSA) is 83.5 Å². The maximum atomic E-state index is 13.1. The van der Waals surface area contributed by atoms with Crippen LogP contribution >= 0.6 is 11.6 Å². The molecule has 0 saturated carbocycles. The normalized spacial score (nSPS) is 14.2. The fraction of sp³-hybridized carbons (Fsp3) is 0.200. The lowest BCUT2D eigenvalue weighted by molar-refractivity contribution is 0.102. The Labute approximate surface area is 198 Å². The number of nitrogens with zero attached hydrogens (tertiary/aromatic N) is 1. The molecule has 0 radical (unpaired) electrons. The molecule has 3 aromatic rings. The first-order valence-corrected chi connectivity index (χ1v) is 12.4. The van der Waals surface area contributed by atoms with Crippen LogP contribution in [0.5, 0.6) is 0 Å².